The van der Waals surface area contributed by atoms with Gasteiger partial charge in [-0.2, -0.15) is 13.1 Å². The van der Waals surface area contributed by atoms with E-state index in [1.807, 2.05) is 42.2 Å². The van der Waals surface area contributed by atoms with Gasteiger partial charge in [0, 0.05) is 31.4 Å². The van der Waals surface area contributed by atoms with Gasteiger partial charge in [0.25, 0.3) is 0 Å². The lowest BCUT2D eigenvalue weighted by molar-refractivity contribution is -0.168. The summed E-state index contributed by atoms with van der Waals surface area (Å²) in [5.41, 5.74) is 1.22. The molecular formula is C23H28F2N2O5S2. The number of rotatable bonds is 9. The van der Waals surface area contributed by atoms with Crippen LogP contribution in [0, 0.1) is 0 Å². The zero-order valence-electron chi connectivity index (χ0n) is 19.2. The molecule has 1 N–H and O–H groups in total. The zero-order valence-corrected chi connectivity index (χ0v) is 20.8. The van der Waals surface area contributed by atoms with Gasteiger partial charge < -0.3 is 14.7 Å². The molecule has 0 radical (unpaired) electrons. The SMILES string of the molecule is CCCCC1CN(c2ccccc2)c2cc(SC)c(OCC(F)(F)C(=O)O)cc2S(=O)(=O)N1C. The first kappa shape index (κ1) is 26.2. The molecule has 2 aromatic rings. The fourth-order valence-corrected chi connectivity index (χ4v) is 5.90. The molecule has 2 aromatic carbocycles. The maximum atomic E-state index is 13.7. The number of hydrogen-bond acceptors (Lipinski definition) is 6. The molecule has 3 rings (SSSR count). The minimum Gasteiger partial charge on any atom is -0.485 e. The number of likely N-dealkylation sites (N-methyl/N-ethyl adjacent to an activating group) is 1. The maximum Gasteiger partial charge on any atom is 0.378 e. The van der Waals surface area contributed by atoms with Crippen molar-refractivity contribution in [3.05, 3.63) is 42.5 Å². The van der Waals surface area contributed by atoms with Gasteiger partial charge in [-0.1, -0.05) is 38.0 Å². The van der Waals surface area contributed by atoms with E-state index in [2.05, 4.69) is 0 Å². The van der Waals surface area contributed by atoms with Crippen LogP contribution < -0.4 is 9.64 Å². The lowest BCUT2D eigenvalue weighted by atomic mass is 10.1. The van der Waals surface area contributed by atoms with Crippen LogP contribution in [0.25, 0.3) is 0 Å². The Morgan fingerprint density at radius 1 is 1.26 bits per heavy atom. The first-order chi connectivity index (χ1) is 16.0. The molecule has 1 atom stereocenters. The van der Waals surface area contributed by atoms with Gasteiger partial charge in [-0.15, -0.1) is 11.8 Å². The van der Waals surface area contributed by atoms with Gasteiger partial charge >= 0.3 is 11.9 Å². The number of carboxylic acid groups (broad SMARTS) is 1. The van der Waals surface area contributed by atoms with Crippen LogP contribution in [-0.2, 0) is 14.8 Å². The van der Waals surface area contributed by atoms with E-state index in [-0.39, 0.29) is 16.7 Å². The molecule has 0 fully saturated rings. The number of hydrogen-bond donors (Lipinski definition) is 1. The normalized spacial score (nSPS) is 18.3. The molecule has 0 spiro atoms. The minimum atomic E-state index is -4.11. The summed E-state index contributed by atoms with van der Waals surface area (Å²) in [6.45, 7) is 1.04. The summed E-state index contributed by atoms with van der Waals surface area (Å²) in [7, 11) is -2.47. The summed E-state index contributed by atoms with van der Waals surface area (Å²) in [5, 5.41) is 8.71. The molecule has 1 heterocycles. The standard InChI is InChI=1S/C23H28F2N2O5S2/c1-4-5-9-17-14-27(16-10-7-6-8-11-16)18-12-20(33-3)19(32-15-23(24,25)22(28)29)13-21(18)34(30,31)26(17)2/h6-8,10-13,17H,4-5,9,14-15H2,1-3H3,(H,28,29). The summed E-state index contributed by atoms with van der Waals surface area (Å²) in [6, 6.07) is 11.9. The Morgan fingerprint density at radius 3 is 2.53 bits per heavy atom. The largest absolute Gasteiger partial charge is 0.485 e. The molecule has 34 heavy (non-hydrogen) atoms. The number of alkyl halides is 2. The van der Waals surface area contributed by atoms with Crippen LogP contribution in [-0.4, -0.2) is 62.2 Å². The predicted octanol–water partition coefficient (Wildman–Crippen LogP) is 4.84. The van der Waals surface area contributed by atoms with E-state index in [4.69, 9.17) is 9.84 Å². The van der Waals surface area contributed by atoms with Gasteiger partial charge in [-0.3, -0.25) is 0 Å². The van der Waals surface area contributed by atoms with Crippen molar-refractivity contribution in [2.45, 2.75) is 47.9 Å². The highest BCUT2D eigenvalue weighted by Crippen LogP contribution is 2.43. The van der Waals surface area contributed by atoms with Crippen molar-refractivity contribution in [1.29, 1.82) is 0 Å². The molecule has 0 aliphatic carbocycles. The summed E-state index contributed by atoms with van der Waals surface area (Å²) < 4.78 is 61.1. The molecule has 1 aliphatic heterocycles. The Hall–Kier alpha value is -2.37. The van der Waals surface area contributed by atoms with Crippen molar-refractivity contribution in [2.24, 2.45) is 0 Å². The van der Waals surface area contributed by atoms with Crippen molar-refractivity contribution in [1.82, 2.24) is 4.31 Å². The molecule has 1 aliphatic rings. The first-order valence-electron chi connectivity index (χ1n) is 10.8. The number of ether oxygens (including phenoxy) is 1. The minimum absolute atomic E-state index is 0.0794. The number of aliphatic carboxylic acids is 1. The van der Waals surface area contributed by atoms with E-state index < -0.39 is 28.5 Å². The van der Waals surface area contributed by atoms with Crippen LogP contribution in [0.3, 0.4) is 0 Å². The van der Waals surface area contributed by atoms with E-state index in [1.54, 1.807) is 12.3 Å². The third kappa shape index (κ3) is 5.31. The molecular weight excluding hydrogens is 486 g/mol. The Kier molecular flexibility index (Phi) is 8.10. The number of carboxylic acids is 1. The summed E-state index contributed by atoms with van der Waals surface area (Å²) in [4.78, 5) is 13.1. The maximum absolute atomic E-state index is 13.7. The lowest BCUT2D eigenvalue weighted by Gasteiger charge is -2.29. The summed E-state index contributed by atoms with van der Waals surface area (Å²) >= 11 is 1.19. The average molecular weight is 515 g/mol. The Morgan fingerprint density at radius 2 is 1.94 bits per heavy atom. The number of unbranched alkanes of at least 4 members (excludes halogenated alkanes) is 1. The number of benzene rings is 2. The molecule has 0 bridgehead atoms. The van der Waals surface area contributed by atoms with Gasteiger partial charge in [0.15, 0.2) is 6.61 Å². The van der Waals surface area contributed by atoms with E-state index in [9.17, 15) is 22.0 Å². The third-order valence-electron chi connectivity index (χ3n) is 5.78. The van der Waals surface area contributed by atoms with E-state index in [0.29, 0.717) is 23.5 Å². The highest BCUT2D eigenvalue weighted by atomic mass is 32.2. The van der Waals surface area contributed by atoms with Crippen LogP contribution in [0.1, 0.15) is 26.2 Å². The van der Waals surface area contributed by atoms with Crippen molar-refractivity contribution >= 4 is 39.1 Å². The number of para-hydroxylation sites is 1. The number of thioether (sulfide) groups is 1. The molecule has 0 amide bonds. The topological polar surface area (TPSA) is 87.1 Å². The van der Waals surface area contributed by atoms with Gasteiger partial charge in [0.05, 0.1) is 10.6 Å². The number of fused-ring (bicyclic) bond motifs is 1. The second kappa shape index (κ2) is 10.5. The third-order valence-corrected chi connectivity index (χ3v) is 8.48. The molecule has 186 valence electrons. The number of halogens is 2. The molecule has 0 saturated heterocycles. The molecule has 7 nitrogen and oxygen atoms in total. The van der Waals surface area contributed by atoms with E-state index in [1.165, 1.54) is 29.2 Å². The van der Waals surface area contributed by atoms with Crippen molar-refractivity contribution in [3.63, 3.8) is 0 Å². The molecule has 1 unspecified atom stereocenters. The number of carbonyl (C=O) groups is 1. The second-order valence-corrected chi connectivity index (χ2v) is 10.8. The van der Waals surface area contributed by atoms with Crippen LogP contribution in [0.4, 0.5) is 20.2 Å². The quantitative estimate of drug-likeness (QED) is 0.479. The van der Waals surface area contributed by atoms with Gasteiger partial charge in [0.2, 0.25) is 10.0 Å². The van der Waals surface area contributed by atoms with E-state index in [0.717, 1.165) is 18.5 Å². The summed E-state index contributed by atoms with van der Waals surface area (Å²) in [5.74, 6) is -6.53. The van der Waals surface area contributed by atoms with Crippen LogP contribution in [0.15, 0.2) is 52.3 Å². The zero-order chi connectivity index (χ0) is 25.1. The predicted molar refractivity (Wildman–Crippen MR) is 128 cm³/mol. The van der Waals surface area contributed by atoms with Gasteiger partial charge in [-0.05, 0) is 30.9 Å². The first-order valence-corrected chi connectivity index (χ1v) is 13.5. The van der Waals surface area contributed by atoms with Gasteiger partial charge in [-0.25, -0.2) is 13.2 Å². The molecule has 11 heteroatoms. The lowest BCUT2D eigenvalue weighted by Crippen LogP contribution is -2.40. The molecule has 0 aromatic heterocycles. The van der Waals surface area contributed by atoms with Crippen LogP contribution in [0.5, 0.6) is 5.75 Å². The van der Waals surface area contributed by atoms with Crippen LogP contribution in [0.2, 0.25) is 0 Å². The van der Waals surface area contributed by atoms with Crippen molar-refractivity contribution in [3.8, 4) is 5.75 Å². The Labute approximate surface area is 202 Å². The highest BCUT2D eigenvalue weighted by molar-refractivity contribution is 7.98. The Bertz CT molecular complexity index is 1130. The smallest absolute Gasteiger partial charge is 0.378 e. The van der Waals surface area contributed by atoms with Crippen molar-refractivity contribution < 1.29 is 31.8 Å². The van der Waals surface area contributed by atoms with E-state index >= 15 is 0 Å². The fraction of sp³-hybridized carbons (Fsp3) is 0.435. The number of sulfonamides is 1. The average Bonchev–Trinajstić information content (AvgIpc) is 2.89. The molecule has 0 saturated carbocycles. The van der Waals surface area contributed by atoms with Crippen LogP contribution >= 0.6 is 11.8 Å². The summed E-state index contributed by atoms with van der Waals surface area (Å²) in [6.07, 6.45) is 4.12. The second-order valence-electron chi connectivity index (χ2n) is 8.03. The monoisotopic (exact) mass is 514 g/mol. The number of anilines is 2. The number of nitrogens with zero attached hydrogens (tertiary/aromatic N) is 2. The Balaban J connectivity index is 2.17. The fourth-order valence-electron chi connectivity index (χ4n) is 3.79. The van der Waals surface area contributed by atoms with Gasteiger partial charge in [0.1, 0.15) is 10.6 Å². The highest BCUT2D eigenvalue weighted by Gasteiger charge is 2.41. The van der Waals surface area contributed by atoms with Crippen molar-refractivity contribution in [2.75, 3.05) is 31.4 Å².